The van der Waals surface area contributed by atoms with Crippen molar-refractivity contribution < 1.29 is 4.74 Å². The Hall–Kier alpha value is -1.91. The molecule has 0 aliphatic heterocycles. The zero-order valence-electron chi connectivity index (χ0n) is 9.71. The van der Waals surface area contributed by atoms with E-state index >= 15 is 0 Å². The van der Waals surface area contributed by atoms with Gasteiger partial charge in [0.1, 0.15) is 5.75 Å². The number of para-hydroxylation sites is 1. The first-order valence-electron chi connectivity index (χ1n) is 5.31. The Morgan fingerprint density at radius 2 is 1.88 bits per heavy atom. The number of aromatic nitrogens is 4. The Morgan fingerprint density at radius 3 is 2.44 bits per heavy atom. The summed E-state index contributed by atoms with van der Waals surface area (Å²) in [7, 11) is 0. The normalized spacial score (nSPS) is 11.2. The van der Waals surface area contributed by atoms with Crippen LogP contribution in [0, 0.1) is 0 Å². The van der Waals surface area contributed by atoms with Gasteiger partial charge in [0.15, 0.2) is 6.10 Å². The summed E-state index contributed by atoms with van der Waals surface area (Å²) < 4.78 is 5.57. The van der Waals surface area contributed by atoms with Crippen LogP contribution in [0.15, 0.2) is 30.3 Å². The summed E-state index contributed by atoms with van der Waals surface area (Å²) >= 11 is 0. The summed E-state index contributed by atoms with van der Waals surface area (Å²) in [5.74, 6) is 1.35. The number of hydrogen-bond acceptors (Lipinski definition) is 4. The lowest BCUT2D eigenvalue weighted by molar-refractivity contribution is 0.216. The van der Waals surface area contributed by atoms with E-state index in [1.54, 1.807) is 0 Å². The molecule has 86 valence electrons. The fourth-order valence-electron chi connectivity index (χ4n) is 1.10. The van der Waals surface area contributed by atoms with Gasteiger partial charge in [0.2, 0.25) is 5.82 Å². The number of H-pyrrole nitrogens is 1. The maximum Gasteiger partial charge on any atom is 0.214 e. The first-order valence-corrected chi connectivity index (χ1v) is 5.31. The highest BCUT2D eigenvalue weighted by molar-refractivity contribution is 5.21. The van der Waals surface area contributed by atoms with Crippen molar-refractivity contribution in [3.05, 3.63) is 36.2 Å². The lowest BCUT2D eigenvalue weighted by Gasteiger charge is -2.10. The molecular weight excluding hydrogens is 204 g/mol. The molecule has 0 aliphatic carbocycles. The summed E-state index contributed by atoms with van der Waals surface area (Å²) in [6, 6.07) is 9.54. The summed E-state index contributed by atoms with van der Waals surface area (Å²) in [5, 5.41) is 13.5. The summed E-state index contributed by atoms with van der Waals surface area (Å²) in [4.78, 5) is 0. The SMILES string of the molecule is CC.CC(Oc1ccccc1)c1nn[nH]n1. The molecule has 1 unspecified atom stereocenters. The molecule has 5 nitrogen and oxygen atoms in total. The fraction of sp³-hybridized carbons (Fsp3) is 0.364. The molecule has 2 aromatic rings. The number of ether oxygens (including phenoxy) is 1. The van der Waals surface area contributed by atoms with Crippen LogP contribution in [-0.2, 0) is 0 Å². The molecule has 1 atom stereocenters. The predicted octanol–water partition coefficient (Wildman–Crippen LogP) is 2.37. The van der Waals surface area contributed by atoms with E-state index in [0.717, 1.165) is 5.75 Å². The van der Waals surface area contributed by atoms with Crippen molar-refractivity contribution in [3.8, 4) is 5.75 Å². The number of nitrogens with one attached hydrogen (secondary N) is 1. The van der Waals surface area contributed by atoms with Crippen LogP contribution in [0.25, 0.3) is 0 Å². The van der Waals surface area contributed by atoms with Gasteiger partial charge in [-0.3, -0.25) is 0 Å². The van der Waals surface area contributed by atoms with Crippen molar-refractivity contribution in [2.24, 2.45) is 0 Å². The van der Waals surface area contributed by atoms with Crippen LogP contribution in [0.2, 0.25) is 0 Å². The highest BCUT2D eigenvalue weighted by atomic mass is 16.5. The van der Waals surface area contributed by atoms with Gasteiger partial charge in [-0.1, -0.05) is 37.3 Å². The number of hydrogen-bond donors (Lipinski definition) is 1. The molecule has 0 bridgehead atoms. The Labute approximate surface area is 94.8 Å². The highest BCUT2D eigenvalue weighted by Crippen LogP contribution is 2.17. The molecule has 1 heterocycles. The highest BCUT2D eigenvalue weighted by Gasteiger charge is 2.11. The van der Waals surface area contributed by atoms with Crippen LogP contribution >= 0.6 is 0 Å². The lowest BCUT2D eigenvalue weighted by atomic mass is 10.3. The third kappa shape index (κ3) is 3.34. The zero-order chi connectivity index (χ0) is 11.8. The van der Waals surface area contributed by atoms with Gasteiger partial charge in [-0.05, 0) is 19.1 Å². The van der Waals surface area contributed by atoms with E-state index < -0.39 is 0 Å². The fourth-order valence-corrected chi connectivity index (χ4v) is 1.10. The number of nitrogens with zero attached hydrogens (tertiary/aromatic N) is 3. The molecule has 1 aromatic heterocycles. The van der Waals surface area contributed by atoms with Crippen LogP contribution in [-0.4, -0.2) is 20.6 Å². The minimum Gasteiger partial charge on any atom is -0.483 e. The minimum absolute atomic E-state index is 0.198. The second-order valence-electron chi connectivity index (χ2n) is 2.84. The summed E-state index contributed by atoms with van der Waals surface area (Å²) in [6.07, 6.45) is -0.198. The van der Waals surface area contributed by atoms with E-state index in [-0.39, 0.29) is 6.10 Å². The first-order chi connectivity index (χ1) is 7.86. The predicted molar refractivity (Wildman–Crippen MR) is 61.0 cm³/mol. The van der Waals surface area contributed by atoms with Gasteiger partial charge in [-0.15, -0.1) is 10.2 Å². The topological polar surface area (TPSA) is 63.7 Å². The Bertz CT molecular complexity index is 374. The Morgan fingerprint density at radius 1 is 1.19 bits per heavy atom. The van der Waals surface area contributed by atoms with Crippen molar-refractivity contribution in [2.75, 3.05) is 0 Å². The Balaban J connectivity index is 0.000000606. The van der Waals surface area contributed by atoms with Crippen molar-refractivity contribution in [1.29, 1.82) is 0 Å². The lowest BCUT2D eigenvalue weighted by Crippen LogP contribution is -2.05. The Kier molecular flexibility index (Phi) is 4.98. The van der Waals surface area contributed by atoms with Crippen LogP contribution in [0.1, 0.15) is 32.7 Å². The average molecular weight is 220 g/mol. The molecule has 1 N–H and O–H groups in total. The maximum absolute atomic E-state index is 5.57. The van der Waals surface area contributed by atoms with Gasteiger partial charge < -0.3 is 4.74 Å². The third-order valence-corrected chi connectivity index (χ3v) is 1.78. The van der Waals surface area contributed by atoms with Crippen LogP contribution in [0.4, 0.5) is 0 Å². The van der Waals surface area contributed by atoms with E-state index in [0.29, 0.717) is 5.82 Å². The van der Waals surface area contributed by atoms with Crippen molar-refractivity contribution in [1.82, 2.24) is 20.6 Å². The quantitative estimate of drug-likeness (QED) is 0.862. The number of benzene rings is 1. The third-order valence-electron chi connectivity index (χ3n) is 1.78. The summed E-state index contributed by atoms with van der Waals surface area (Å²) in [6.45, 7) is 5.87. The number of aromatic amines is 1. The van der Waals surface area contributed by atoms with Gasteiger partial charge in [-0.2, -0.15) is 5.21 Å². The minimum atomic E-state index is -0.198. The molecule has 0 aliphatic rings. The molecule has 0 amide bonds. The van der Waals surface area contributed by atoms with E-state index in [2.05, 4.69) is 20.6 Å². The molecule has 1 aromatic carbocycles. The molecule has 0 saturated heterocycles. The van der Waals surface area contributed by atoms with E-state index in [9.17, 15) is 0 Å². The number of rotatable bonds is 3. The summed E-state index contributed by atoms with van der Waals surface area (Å²) in [5.41, 5.74) is 0. The van der Waals surface area contributed by atoms with E-state index in [1.807, 2.05) is 51.1 Å². The molecule has 5 heteroatoms. The monoisotopic (exact) mass is 220 g/mol. The average Bonchev–Trinajstić information content (AvgIpc) is 2.86. The van der Waals surface area contributed by atoms with Gasteiger partial charge in [-0.25, -0.2) is 0 Å². The second kappa shape index (κ2) is 6.55. The molecule has 0 spiro atoms. The number of tetrazole rings is 1. The van der Waals surface area contributed by atoms with Gasteiger partial charge in [0.05, 0.1) is 0 Å². The van der Waals surface area contributed by atoms with Gasteiger partial charge >= 0.3 is 0 Å². The zero-order valence-corrected chi connectivity index (χ0v) is 9.71. The smallest absolute Gasteiger partial charge is 0.214 e. The second-order valence-corrected chi connectivity index (χ2v) is 2.84. The van der Waals surface area contributed by atoms with E-state index in [1.165, 1.54) is 0 Å². The standard InChI is InChI=1S/C9H10N4O.C2H6/c1-7(9-10-12-13-11-9)14-8-5-3-2-4-6-8;1-2/h2-7H,1H3,(H,10,11,12,13);1-2H3. The molecule has 16 heavy (non-hydrogen) atoms. The van der Waals surface area contributed by atoms with Crippen molar-refractivity contribution in [2.45, 2.75) is 26.9 Å². The molecule has 0 fully saturated rings. The van der Waals surface area contributed by atoms with E-state index in [4.69, 9.17) is 4.74 Å². The van der Waals surface area contributed by atoms with Crippen LogP contribution in [0.3, 0.4) is 0 Å². The van der Waals surface area contributed by atoms with Crippen molar-refractivity contribution >= 4 is 0 Å². The largest absolute Gasteiger partial charge is 0.483 e. The molecule has 2 rings (SSSR count). The van der Waals surface area contributed by atoms with Gasteiger partial charge in [0, 0.05) is 0 Å². The van der Waals surface area contributed by atoms with Gasteiger partial charge in [0.25, 0.3) is 0 Å². The maximum atomic E-state index is 5.57. The molecule has 0 saturated carbocycles. The molecular formula is C11H16N4O. The van der Waals surface area contributed by atoms with Crippen LogP contribution < -0.4 is 4.74 Å². The van der Waals surface area contributed by atoms with Crippen LogP contribution in [0.5, 0.6) is 5.75 Å². The molecule has 0 radical (unpaired) electrons. The van der Waals surface area contributed by atoms with Crippen molar-refractivity contribution in [3.63, 3.8) is 0 Å². The first kappa shape index (κ1) is 12.2.